The Kier molecular flexibility index (Phi) is 5.17. The lowest BCUT2D eigenvalue weighted by Gasteiger charge is -2.30. The summed E-state index contributed by atoms with van der Waals surface area (Å²) in [6.07, 6.45) is 4.21. The number of thiophene rings is 1. The Morgan fingerprint density at radius 2 is 1.86 bits per heavy atom. The highest BCUT2D eigenvalue weighted by Crippen LogP contribution is 2.33. The van der Waals surface area contributed by atoms with E-state index in [1.165, 1.54) is 0 Å². The Bertz CT molecular complexity index is 860. The maximum atomic E-state index is 12.9. The third-order valence-corrected chi connectivity index (χ3v) is 6.46. The van der Waals surface area contributed by atoms with Crippen molar-refractivity contribution in [3.63, 3.8) is 0 Å². The van der Waals surface area contributed by atoms with Gasteiger partial charge in [0.1, 0.15) is 12.1 Å². The fraction of sp³-hybridized carbons (Fsp3) is 0.381. The second-order valence-corrected chi connectivity index (χ2v) is 8.37. The van der Waals surface area contributed by atoms with E-state index in [1.54, 1.807) is 11.3 Å². The van der Waals surface area contributed by atoms with E-state index < -0.39 is 11.6 Å². The smallest absolute Gasteiger partial charge is 0.325 e. The van der Waals surface area contributed by atoms with Gasteiger partial charge in [-0.3, -0.25) is 14.5 Å². The van der Waals surface area contributed by atoms with E-state index in [9.17, 15) is 14.4 Å². The zero-order valence-corrected chi connectivity index (χ0v) is 16.3. The van der Waals surface area contributed by atoms with E-state index >= 15 is 0 Å². The van der Waals surface area contributed by atoms with Gasteiger partial charge in [0.25, 0.3) is 5.91 Å². The Labute approximate surface area is 167 Å². The van der Waals surface area contributed by atoms with Crippen LogP contribution in [0.15, 0.2) is 47.8 Å². The molecule has 6 nitrogen and oxygen atoms in total. The minimum Gasteiger partial charge on any atom is -0.343 e. The molecule has 2 aromatic rings. The fourth-order valence-electron chi connectivity index (χ4n) is 4.08. The summed E-state index contributed by atoms with van der Waals surface area (Å²) in [4.78, 5) is 40.1. The van der Waals surface area contributed by atoms with Gasteiger partial charge in [0.05, 0.1) is 6.04 Å². The zero-order chi connectivity index (χ0) is 19.6. The average molecular weight is 398 g/mol. The highest BCUT2D eigenvalue weighted by atomic mass is 32.1. The molecule has 2 fully saturated rings. The van der Waals surface area contributed by atoms with Crippen LogP contribution in [0.4, 0.5) is 4.79 Å². The van der Waals surface area contributed by atoms with Crippen LogP contribution in [-0.4, -0.2) is 34.8 Å². The molecule has 1 aliphatic carbocycles. The van der Waals surface area contributed by atoms with Crippen molar-refractivity contribution < 1.29 is 14.4 Å². The Morgan fingerprint density at radius 1 is 1.11 bits per heavy atom. The summed E-state index contributed by atoms with van der Waals surface area (Å²) in [7, 11) is 0. The van der Waals surface area contributed by atoms with Crippen molar-refractivity contribution in [1.29, 1.82) is 0 Å². The molecule has 1 saturated carbocycles. The summed E-state index contributed by atoms with van der Waals surface area (Å²) < 4.78 is 0. The number of hydrogen-bond acceptors (Lipinski definition) is 4. The van der Waals surface area contributed by atoms with E-state index in [4.69, 9.17) is 0 Å². The molecule has 2 heterocycles. The summed E-state index contributed by atoms with van der Waals surface area (Å²) in [5.41, 5.74) is 0.154. The summed E-state index contributed by atoms with van der Waals surface area (Å²) in [5.74, 6) is -0.613. The number of nitrogens with zero attached hydrogens (tertiary/aromatic N) is 1. The highest BCUT2D eigenvalue weighted by Gasteiger charge is 2.51. The first-order valence-electron chi connectivity index (χ1n) is 9.61. The van der Waals surface area contributed by atoms with Gasteiger partial charge in [0, 0.05) is 4.88 Å². The number of carbonyl (C=O) groups excluding carboxylic acids is 3. The number of benzene rings is 1. The Hall–Kier alpha value is -2.67. The largest absolute Gasteiger partial charge is 0.343 e. The molecule has 0 radical (unpaired) electrons. The van der Waals surface area contributed by atoms with Gasteiger partial charge in [0.15, 0.2) is 0 Å². The minimum atomic E-state index is -0.803. The molecule has 0 bridgehead atoms. The average Bonchev–Trinajstić information content (AvgIpc) is 3.31. The molecular formula is C21H23N3O3S. The van der Waals surface area contributed by atoms with Crippen LogP contribution in [0.25, 0.3) is 0 Å². The van der Waals surface area contributed by atoms with Gasteiger partial charge in [0.2, 0.25) is 5.91 Å². The molecule has 146 valence electrons. The molecule has 1 aromatic carbocycles. The molecule has 4 rings (SSSR count). The lowest BCUT2D eigenvalue weighted by atomic mass is 9.82. The second-order valence-electron chi connectivity index (χ2n) is 7.39. The number of carbonyl (C=O) groups is 3. The van der Waals surface area contributed by atoms with Gasteiger partial charge in [-0.1, -0.05) is 55.7 Å². The van der Waals surface area contributed by atoms with Gasteiger partial charge in [-0.25, -0.2) is 4.79 Å². The first-order valence-corrected chi connectivity index (χ1v) is 10.5. The number of nitrogens with one attached hydrogen (secondary N) is 2. The maximum Gasteiger partial charge on any atom is 0.325 e. The summed E-state index contributed by atoms with van der Waals surface area (Å²) in [6.45, 7) is -0.263. The van der Waals surface area contributed by atoms with E-state index in [0.29, 0.717) is 12.8 Å². The third kappa shape index (κ3) is 3.54. The summed E-state index contributed by atoms with van der Waals surface area (Å²) in [6, 6.07) is 12.8. The van der Waals surface area contributed by atoms with Crippen LogP contribution in [0.3, 0.4) is 0 Å². The SMILES string of the molecule is O=C(CN1C(=O)NC2(CCCCC2)C1=O)N[C@@H](c1ccccc1)c1cccs1. The number of urea groups is 1. The van der Waals surface area contributed by atoms with Crippen molar-refractivity contribution in [2.75, 3.05) is 6.54 Å². The standard InChI is InChI=1S/C21H23N3O3S/c25-17(14-24-19(26)21(23-20(24)27)11-5-2-6-12-21)22-18(16-10-7-13-28-16)15-8-3-1-4-9-15/h1,3-4,7-10,13,18H,2,5-6,11-12,14H2,(H,22,25)(H,23,27)/t18-/m0/s1. The monoisotopic (exact) mass is 397 g/mol. The normalized spacial score (nSPS) is 19.5. The number of rotatable bonds is 5. The predicted octanol–water partition coefficient (Wildman–Crippen LogP) is 3.21. The summed E-state index contributed by atoms with van der Waals surface area (Å²) >= 11 is 1.55. The molecule has 4 amide bonds. The zero-order valence-electron chi connectivity index (χ0n) is 15.5. The number of imide groups is 1. The number of hydrogen-bond donors (Lipinski definition) is 2. The van der Waals surface area contributed by atoms with Crippen molar-refractivity contribution >= 4 is 29.2 Å². The lowest BCUT2D eigenvalue weighted by Crippen LogP contribution is -2.49. The van der Waals surface area contributed by atoms with Crippen LogP contribution in [0.1, 0.15) is 48.6 Å². The predicted molar refractivity (Wildman–Crippen MR) is 107 cm³/mol. The molecule has 1 aromatic heterocycles. The van der Waals surface area contributed by atoms with Crippen molar-refractivity contribution in [2.45, 2.75) is 43.7 Å². The fourth-order valence-corrected chi connectivity index (χ4v) is 4.89. The third-order valence-electron chi connectivity index (χ3n) is 5.52. The van der Waals surface area contributed by atoms with Gasteiger partial charge < -0.3 is 10.6 Å². The van der Waals surface area contributed by atoms with Gasteiger partial charge in [-0.15, -0.1) is 11.3 Å². The topological polar surface area (TPSA) is 78.5 Å². The first kappa shape index (κ1) is 18.7. The van der Waals surface area contributed by atoms with Crippen LogP contribution in [0.5, 0.6) is 0 Å². The molecule has 2 aliphatic rings. The Morgan fingerprint density at radius 3 is 2.54 bits per heavy atom. The van der Waals surface area contributed by atoms with E-state index in [0.717, 1.165) is 34.6 Å². The van der Waals surface area contributed by atoms with Crippen LogP contribution >= 0.6 is 11.3 Å². The lowest BCUT2D eigenvalue weighted by molar-refractivity contribution is -0.136. The van der Waals surface area contributed by atoms with Crippen LogP contribution in [0, 0.1) is 0 Å². The van der Waals surface area contributed by atoms with E-state index in [-0.39, 0.29) is 24.4 Å². The second kappa shape index (κ2) is 7.75. The van der Waals surface area contributed by atoms with Gasteiger partial charge in [-0.05, 0) is 29.9 Å². The van der Waals surface area contributed by atoms with E-state index in [2.05, 4.69) is 10.6 Å². The van der Waals surface area contributed by atoms with Gasteiger partial charge >= 0.3 is 6.03 Å². The molecule has 7 heteroatoms. The summed E-state index contributed by atoms with van der Waals surface area (Å²) in [5, 5.41) is 7.80. The van der Waals surface area contributed by atoms with Crippen molar-refractivity contribution in [1.82, 2.24) is 15.5 Å². The van der Waals surface area contributed by atoms with E-state index in [1.807, 2.05) is 47.8 Å². The highest BCUT2D eigenvalue weighted by molar-refractivity contribution is 7.10. The van der Waals surface area contributed by atoms with Crippen molar-refractivity contribution in [2.24, 2.45) is 0 Å². The van der Waals surface area contributed by atoms with Crippen LogP contribution in [0.2, 0.25) is 0 Å². The minimum absolute atomic E-state index is 0.263. The molecule has 2 N–H and O–H groups in total. The molecule has 1 saturated heterocycles. The molecule has 0 unspecified atom stereocenters. The Balaban J connectivity index is 1.48. The number of amides is 4. The van der Waals surface area contributed by atoms with Crippen LogP contribution < -0.4 is 10.6 Å². The van der Waals surface area contributed by atoms with Gasteiger partial charge in [-0.2, -0.15) is 0 Å². The molecule has 1 atom stereocenters. The quantitative estimate of drug-likeness (QED) is 0.761. The first-order chi connectivity index (χ1) is 13.6. The molecule has 28 heavy (non-hydrogen) atoms. The van der Waals surface area contributed by atoms with Crippen molar-refractivity contribution in [3.8, 4) is 0 Å². The molecule has 1 spiro atoms. The van der Waals surface area contributed by atoms with Crippen molar-refractivity contribution in [3.05, 3.63) is 58.3 Å². The maximum absolute atomic E-state index is 12.9. The van der Waals surface area contributed by atoms with Crippen LogP contribution in [-0.2, 0) is 9.59 Å². The molecule has 1 aliphatic heterocycles. The molecular weight excluding hydrogens is 374 g/mol.